The fourth-order valence-electron chi connectivity index (χ4n) is 1.88. The van der Waals surface area contributed by atoms with Crippen molar-refractivity contribution >= 4 is 30.8 Å². The van der Waals surface area contributed by atoms with E-state index < -0.39 is 0 Å². The van der Waals surface area contributed by atoms with Gasteiger partial charge in [-0.15, -0.1) is 0 Å². The second kappa shape index (κ2) is 3.91. The maximum absolute atomic E-state index is 3.53. The minimum Gasteiger partial charge on any atom is -0.368 e. The number of hydrogen-bond acceptors (Lipinski definition) is 2. The van der Waals surface area contributed by atoms with Gasteiger partial charge < -0.3 is 5.32 Å². The Kier molecular flexibility index (Phi) is 2.41. The van der Waals surface area contributed by atoms with Crippen LogP contribution in [0.4, 0.5) is 5.69 Å². The molecule has 16 heavy (non-hydrogen) atoms. The molecular formula is C13H12BNS. The quantitative estimate of drug-likeness (QED) is 0.746. The summed E-state index contributed by atoms with van der Waals surface area (Å²) in [5, 5.41) is 3.89. The van der Waals surface area contributed by atoms with Gasteiger partial charge in [-0.1, -0.05) is 53.6 Å². The fraction of sp³-hybridized carbons (Fsp3) is 0.0769. The molecule has 0 fully saturated rings. The number of rotatable bonds is 1. The molecule has 0 bridgehead atoms. The molecule has 1 N–H and O–H groups in total. The molecule has 1 atom stereocenters. The van der Waals surface area contributed by atoms with E-state index >= 15 is 0 Å². The molecule has 0 saturated heterocycles. The molecule has 3 heteroatoms. The summed E-state index contributed by atoms with van der Waals surface area (Å²) in [5.41, 5.74) is 3.90. The Bertz CT molecular complexity index is 485. The standard InChI is InChI=1S/C13H12BNS/c14-10-7-5-9(6-8-10)13-15-11-3-1-2-4-12(11)16-13/h1-8,13,15H,14H2. The van der Waals surface area contributed by atoms with Gasteiger partial charge in [0.1, 0.15) is 13.2 Å². The van der Waals surface area contributed by atoms with Crippen LogP contribution >= 0.6 is 11.8 Å². The predicted octanol–water partition coefficient (Wildman–Crippen LogP) is 2.16. The number of thioether (sulfide) groups is 1. The van der Waals surface area contributed by atoms with Crippen LogP contribution in [0, 0.1) is 0 Å². The minimum absolute atomic E-state index is 0.359. The van der Waals surface area contributed by atoms with Gasteiger partial charge in [0.25, 0.3) is 0 Å². The van der Waals surface area contributed by atoms with E-state index in [1.807, 2.05) is 11.8 Å². The van der Waals surface area contributed by atoms with E-state index in [4.69, 9.17) is 0 Å². The third-order valence-electron chi connectivity index (χ3n) is 2.80. The van der Waals surface area contributed by atoms with E-state index in [1.165, 1.54) is 21.6 Å². The van der Waals surface area contributed by atoms with E-state index in [1.54, 1.807) is 0 Å². The van der Waals surface area contributed by atoms with Crippen molar-refractivity contribution in [2.24, 2.45) is 0 Å². The van der Waals surface area contributed by atoms with Crippen LogP contribution in [0.2, 0.25) is 0 Å². The van der Waals surface area contributed by atoms with Crippen molar-refractivity contribution in [1.29, 1.82) is 0 Å². The van der Waals surface area contributed by atoms with Crippen molar-refractivity contribution in [3.05, 3.63) is 54.1 Å². The number of anilines is 1. The molecule has 0 aliphatic carbocycles. The molecule has 1 heterocycles. The topological polar surface area (TPSA) is 12.0 Å². The monoisotopic (exact) mass is 225 g/mol. The third-order valence-corrected chi connectivity index (χ3v) is 4.03. The first kappa shape index (κ1) is 9.85. The van der Waals surface area contributed by atoms with Crippen LogP contribution in [0.25, 0.3) is 0 Å². The Morgan fingerprint density at radius 2 is 1.75 bits per heavy atom. The first-order valence-electron chi connectivity index (χ1n) is 5.42. The molecule has 2 aromatic rings. The van der Waals surface area contributed by atoms with Crippen LogP contribution in [0.5, 0.6) is 0 Å². The Labute approximate surface area is 101 Å². The lowest BCUT2D eigenvalue weighted by Gasteiger charge is -2.10. The van der Waals surface area contributed by atoms with E-state index in [2.05, 4.69) is 61.7 Å². The summed E-state index contributed by atoms with van der Waals surface area (Å²) in [6.45, 7) is 0. The summed E-state index contributed by atoms with van der Waals surface area (Å²) < 4.78 is 0. The maximum atomic E-state index is 3.53. The molecule has 78 valence electrons. The number of nitrogens with one attached hydrogen (secondary N) is 1. The van der Waals surface area contributed by atoms with Gasteiger partial charge in [0.15, 0.2) is 0 Å². The molecule has 1 unspecified atom stereocenters. The summed E-state index contributed by atoms with van der Waals surface area (Å²) in [7, 11) is 2.12. The highest BCUT2D eigenvalue weighted by Gasteiger charge is 2.21. The van der Waals surface area contributed by atoms with Gasteiger partial charge in [-0.25, -0.2) is 0 Å². The average molecular weight is 225 g/mol. The van der Waals surface area contributed by atoms with Crippen molar-refractivity contribution in [2.75, 3.05) is 5.32 Å². The molecule has 1 aliphatic rings. The summed E-state index contributed by atoms with van der Waals surface area (Å²) in [5.74, 6) is 0. The minimum atomic E-state index is 0.359. The number of benzene rings is 2. The van der Waals surface area contributed by atoms with Gasteiger partial charge in [0, 0.05) is 10.6 Å². The van der Waals surface area contributed by atoms with Gasteiger partial charge in [-0.05, 0) is 17.7 Å². The lowest BCUT2D eigenvalue weighted by molar-refractivity contribution is 1.14. The van der Waals surface area contributed by atoms with Crippen LogP contribution < -0.4 is 10.8 Å². The van der Waals surface area contributed by atoms with E-state index in [0.717, 1.165) is 0 Å². The summed E-state index contributed by atoms with van der Waals surface area (Å²) in [6.07, 6.45) is 0. The normalized spacial score (nSPS) is 17.9. The van der Waals surface area contributed by atoms with Crippen molar-refractivity contribution < 1.29 is 0 Å². The summed E-state index contributed by atoms with van der Waals surface area (Å²) in [4.78, 5) is 1.34. The largest absolute Gasteiger partial charge is 0.368 e. The highest BCUT2D eigenvalue weighted by molar-refractivity contribution is 8.00. The van der Waals surface area contributed by atoms with Crippen molar-refractivity contribution in [3.63, 3.8) is 0 Å². The first-order valence-corrected chi connectivity index (χ1v) is 6.30. The van der Waals surface area contributed by atoms with Gasteiger partial charge >= 0.3 is 0 Å². The maximum Gasteiger partial charge on any atom is 0.139 e. The zero-order valence-corrected chi connectivity index (χ0v) is 9.92. The molecule has 0 spiro atoms. The fourth-order valence-corrected chi connectivity index (χ4v) is 3.02. The second-order valence-corrected chi connectivity index (χ2v) is 5.20. The van der Waals surface area contributed by atoms with Crippen LogP contribution in [0.15, 0.2) is 53.4 Å². The Hall–Kier alpha value is -1.35. The molecule has 3 rings (SSSR count). The zero-order chi connectivity index (χ0) is 11.0. The zero-order valence-electron chi connectivity index (χ0n) is 9.10. The van der Waals surface area contributed by atoms with Gasteiger partial charge in [-0.2, -0.15) is 0 Å². The van der Waals surface area contributed by atoms with Crippen LogP contribution in [-0.2, 0) is 0 Å². The highest BCUT2D eigenvalue weighted by atomic mass is 32.2. The van der Waals surface area contributed by atoms with Crippen molar-refractivity contribution in [1.82, 2.24) is 0 Å². The van der Waals surface area contributed by atoms with Crippen molar-refractivity contribution in [2.45, 2.75) is 10.3 Å². The molecule has 0 aromatic heterocycles. The molecule has 1 nitrogen and oxygen atoms in total. The SMILES string of the molecule is Bc1ccc(C2Nc3ccccc3S2)cc1. The Balaban J connectivity index is 1.88. The summed E-state index contributed by atoms with van der Waals surface area (Å²) >= 11 is 1.88. The van der Waals surface area contributed by atoms with E-state index in [0.29, 0.717) is 5.37 Å². The highest BCUT2D eigenvalue weighted by Crippen LogP contribution is 2.45. The molecule has 0 amide bonds. The van der Waals surface area contributed by atoms with Gasteiger partial charge in [-0.3, -0.25) is 0 Å². The van der Waals surface area contributed by atoms with Crippen LogP contribution in [0.1, 0.15) is 10.9 Å². The molecule has 0 saturated carbocycles. The van der Waals surface area contributed by atoms with E-state index in [9.17, 15) is 0 Å². The Morgan fingerprint density at radius 1 is 1.00 bits per heavy atom. The number of fused-ring (bicyclic) bond motifs is 1. The lowest BCUT2D eigenvalue weighted by atomic mass is 9.95. The first-order chi connectivity index (χ1) is 7.83. The van der Waals surface area contributed by atoms with Crippen molar-refractivity contribution in [3.8, 4) is 0 Å². The van der Waals surface area contributed by atoms with Gasteiger partial charge in [0.2, 0.25) is 0 Å². The lowest BCUT2D eigenvalue weighted by Crippen LogP contribution is -2.05. The summed E-state index contributed by atoms with van der Waals surface area (Å²) in [6, 6.07) is 17.2. The second-order valence-electron chi connectivity index (χ2n) is 4.05. The predicted molar refractivity (Wildman–Crippen MR) is 73.3 cm³/mol. The van der Waals surface area contributed by atoms with Crippen LogP contribution in [0.3, 0.4) is 0 Å². The third kappa shape index (κ3) is 1.72. The van der Waals surface area contributed by atoms with Crippen LogP contribution in [-0.4, -0.2) is 7.85 Å². The molecule has 2 aromatic carbocycles. The molecule has 0 radical (unpaired) electrons. The number of para-hydroxylation sites is 1. The smallest absolute Gasteiger partial charge is 0.139 e. The molecular weight excluding hydrogens is 213 g/mol. The molecule has 1 aliphatic heterocycles. The van der Waals surface area contributed by atoms with Gasteiger partial charge in [0.05, 0.1) is 0 Å². The average Bonchev–Trinajstić information content (AvgIpc) is 2.73. The Morgan fingerprint density at radius 3 is 2.50 bits per heavy atom. The number of hydrogen-bond donors (Lipinski definition) is 1. The van der Waals surface area contributed by atoms with E-state index in [-0.39, 0.29) is 0 Å².